The summed E-state index contributed by atoms with van der Waals surface area (Å²) in [6.45, 7) is 2.72. The van der Waals surface area contributed by atoms with Crippen molar-refractivity contribution in [3.8, 4) is 11.3 Å². The van der Waals surface area contributed by atoms with Gasteiger partial charge in [-0.3, -0.25) is 0 Å². The van der Waals surface area contributed by atoms with Crippen molar-refractivity contribution in [1.29, 1.82) is 0 Å². The first-order chi connectivity index (χ1) is 15.6. The van der Waals surface area contributed by atoms with E-state index in [1.54, 1.807) is 17.1 Å². The molecule has 0 bridgehead atoms. The zero-order chi connectivity index (χ0) is 22.1. The van der Waals surface area contributed by atoms with Gasteiger partial charge >= 0.3 is 0 Å². The predicted molar refractivity (Wildman–Crippen MR) is 126 cm³/mol. The zero-order valence-corrected chi connectivity index (χ0v) is 18.8. The average molecular weight is 493 g/mol. The fourth-order valence-electron chi connectivity index (χ4n) is 3.55. The van der Waals surface area contributed by atoms with E-state index in [-0.39, 0.29) is 0 Å². The fraction of sp³-hybridized carbons (Fsp3) is 0.190. The Balaban J connectivity index is 1.52. The van der Waals surface area contributed by atoms with E-state index >= 15 is 0 Å². The van der Waals surface area contributed by atoms with Crippen LogP contribution < -0.4 is 16.4 Å². The Kier molecular flexibility index (Phi) is 5.19. The minimum atomic E-state index is -1.09. The summed E-state index contributed by atoms with van der Waals surface area (Å²) in [6.07, 6.45) is 7.13. The number of hydrogen-bond acceptors (Lipinski definition) is 8. The van der Waals surface area contributed by atoms with Gasteiger partial charge < -0.3 is 21.4 Å². The topological polar surface area (TPSA) is 135 Å². The van der Waals surface area contributed by atoms with Gasteiger partial charge in [-0.15, -0.1) is 0 Å². The van der Waals surface area contributed by atoms with Gasteiger partial charge in [0.25, 0.3) is 0 Å². The van der Waals surface area contributed by atoms with Gasteiger partial charge in [-0.1, -0.05) is 12.1 Å². The number of fused-ring (bicyclic) bond motifs is 1. The Hall–Kier alpha value is -3.57. The van der Waals surface area contributed by atoms with Crippen LogP contribution in [0.5, 0.6) is 0 Å². The van der Waals surface area contributed by atoms with Crippen LogP contribution in [-0.2, 0) is 6.42 Å². The summed E-state index contributed by atoms with van der Waals surface area (Å²) < 4.78 is 2.35. The van der Waals surface area contributed by atoms with Crippen LogP contribution in [0.2, 0.25) is 0 Å². The number of rotatable bonds is 5. The Bertz CT molecular complexity index is 1290. The monoisotopic (exact) mass is 492 g/mol. The highest BCUT2D eigenvalue weighted by molar-refractivity contribution is 9.11. The number of aromatic nitrogens is 6. The number of aromatic amines is 1. The molecule has 3 aromatic heterocycles. The fourth-order valence-corrected chi connectivity index (χ4v) is 4.02. The maximum absolute atomic E-state index is 6.83. The van der Waals surface area contributed by atoms with Crippen molar-refractivity contribution >= 4 is 32.9 Å². The number of nitrogens with one attached hydrogen (secondary N) is 3. The van der Waals surface area contributed by atoms with E-state index in [1.807, 2.05) is 43.5 Å². The average Bonchev–Trinajstić information content (AvgIpc) is 3.44. The lowest BCUT2D eigenvalue weighted by Gasteiger charge is -2.32. The first-order valence-corrected chi connectivity index (χ1v) is 10.9. The van der Waals surface area contributed by atoms with Crippen LogP contribution in [0.15, 0.2) is 70.5 Å². The molecule has 4 heterocycles. The van der Waals surface area contributed by atoms with E-state index in [0.29, 0.717) is 23.4 Å². The molecule has 0 aliphatic carbocycles. The molecule has 1 aromatic carbocycles. The van der Waals surface area contributed by atoms with Crippen LogP contribution in [0, 0.1) is 0 Å². The standard InChI is InChI=1S/C21H21BrN10/c1-2-25-19-18(22)21(23,9-17-28-15-5-3-4-6-16(15)29-17)31-20(30-19)32-11-13(10-27-32)14-7-8-24-12-26-14/h3-8,10-12,25H,2,9,23H2,1H3,(H,28,29)(H,30,31). The van der Waals surface area contributed by atoms with Crippen LogP contribution in [0.1, 0.15) is 12.7 Å². The summed E-state index contributed by atoms with van der Waals surface area (Å²) >= 11 is 3.66. The summed E-state index contributed by atoms with van der Waals surface area (Å²) in [5.74, 6) is 1.96. The molecule has 0 saturated heterocycles. The van der Waals surface area contributed by atoms with E-state index in [2.05, 4.69) is 51.6 Å². The summed E-state index contributed by atoms with van der Waals surface area (Å²) in [4.78, 5) is 21.1. The second-order valence-electron chi connectivity index (χ2n) is 7.35. The van der Waals surface area contributed by atoms with Gasteiger partial charge in [0, 0.05) is 30.9 Å². The van der Waals surface area contributed by atoms with Gasteiger partial charge in [-0.2, -0.15) is 5.10 Å². The molecule has 1 atom stereocenters. The summed E-state index contributed by atoms with van der Waals surface area (Å²) in [5.41, 5.74) is 9.20. The quantitative estimate of drug-likeness (QED) is 0.335. The highest BCUT2D eigenvalue weighted by atomic mass is 79.9. The smallest absolute Gasteiger partial charge is 0.227 e. The maximum Gasteiger partial charge on any atom is 0.227 e. The second kappa shape index (κ2) is 8.17. The van der Waals surface area contributed by atoms with Crippen molar-refractivity contribution in [3.63, 3.8) is 0 Å². The molecule has 5 N–H and O–H groups in total. The molecule has 1 aliphatic rings. The number of halogens is 1. The van der Waals surface area contributed by atoms with Crippen molar-refractivity contribution in [2.24, 2.45) is 10.7 Å². The SMILES string of the molecule is CCNC1=C(Br)C(N)(Cc2nc3ccccc3[nH]2)N=C(n2cc(-c3ccncn3)cn2)N1. The van der Waals surface area contributed by atoms with Crippen molar-refractivity contribution in [3.05, 3.63) is 71.4 Å². The predicted octanol–water partition coefficient (Wildman–Crippen LogP) is 2.09. The number of hydrogen-bond donors (Lipinski definition) is 4. The first-order valence-electron chi connectivity index (χ1n) is 10.1. The van der Waals surface area contributed by atoms with E-state index in [9.17, 15) is 0 Å². The minimum Gasteiger partial charge on any atom is -0.371 e. The molecule has 0 spiro atoms. The van der Waals surface area contributed by atoms with Crippen LogP contribution in [0.25, 0.3) is 22.3 Å². The molecule has 10 nitrogen and oxygen atoms in total. The molecule has 1 aliphatic heterocycles. The zero-order valence-electron chi connectivity index (χ0n) is 17.2. The molecule has 32 heavy (non-hydrogen) atoms. The van der Waals surface area contributed by atoms with Crippen LogP contribution in [0.4, 0.5) is 0 Å². The van der Waals surface area contributed by atoms with E-state index in [1.165, 1.54) is 6.33 Å². The number of para-hydroxylation sites is 2. The first kappa shape index (κ1) is 20.3. The largest absolute Gasteiger partial charge is 0.371 e. The molecule has 0 amide bonds. The van der Waals surface area contributed by atoms with Gasteiger partial charge in [0.2, 0.25) is 5.96 Å². The van der Waals surface area contributed by atoms with Crippen molar-refractivity contribution < 1.29 is 0 Å². The number of aliphatic imine (C=N–C) groups is 1. The molecule has 5 rings (SSSR count). The van der Waals surface area contributed by atoms with E-state index < -0.39 is 5.66 Å². The maximum atomic E-state index is 6.83. The number of nitrogens with zero attached hydrogens (tertiary/aromatic N) is 6. The molecule has 11 heteroatoms. The van der Waals surface area contributed by atoms with Crippen LogP contribution >= 0.6 is 15.9 Å². The summed E-state index contributed by atoms with van der Waals surface area (Å²) in [5, 5.41) is 11.1. The lowest BCUT2D eigenvalue weighted by Crippen LogP contribution is -2.52. The third-order valence-electron chi connectivity index (χ3n) is 5.05. The van der Waals surface area contributed by atoms with E-state index in [0.717, 1.165) is 33.9 Å². The molecule has 4 aromatic rings. The van der Waals surface area contributed by atoms with Gasteiger partial charge in [-0.05, 0) is 41.1 Å². The Morgan fingerprint density at radius 1 is 1.25 bits per heavy atom. The number of nitrogens with two attached hydrogens (primary N) is 1. The van der Waals surface area contributed by atoms with Crippen LogP contribution in [0.3, 0.4) is 0 Å². The Labute approximate surface area is 192 Å². The molecular formula is C21H21BrN10. The Morgan fingerprint density at radius 3 is 2.91 bits per heavy atom. The third-order valence-corrected chi connectivity index (χ3v) is 6.13. The molecule has 0 fully saturated rings. The van der Waals surface area contributed by atoms with Gasteiger partial charge in [0.15, 0.2) is 5.66 Å². The van der Waals surface area contributed by atoms with Gasteiger partial charge in [0.1, 0.15) is 18.0 Å². The van der Waals surface area contributed by atoms with Gasteiger partial charge in [0.05, 0.1) is 27.4 Å². The molecule has 0 saturated carbocycles. The second-order valence-corrected chi connectivity index (χ2v) is 8.14. The third kappa shape index (κ3) is 3.76. The van der Waals surface area contributed by atoms with E-state index in [4.69, 9.17) is 10.7 Å². The van der Waals surface area contributed by atoms with Crippen molar-refractivity contribution in [2.75, 3.05) is 6.54 Å². The normalized spacial score (nSPS) is 18.5. The molecular weight excluding hydrogens is 472 g/mol. The van der Waals surface area contributed by atoms with Gasteiger partial charge in [-0.25, -0.2) is 24.6 Å². The summed E-state index contributed by atoms with van der Waals surface area (Å²) in [6, 6.07) is 9.70. The highest BCUT2D eigenvalue weighted by Crippen LogP contribution is 2.30. The number of H-pyrrole nitrogens is 1. The minimum absolute atomic E-state index is 0.363. The Morgan fingerprint density at radius 2 is 2.12 bits per heavy atom. The lowest BCUT2D eigenvalue weighted by atomic mass is 10.1. The van der Waals surface area contributed by atoms with Crippen molar-refractivity contribution in [2.45, 2.75) is 19.0 Å². The highest BCUT2D eigenvalue weighted by Gasteiger charge is 2.37. The van der Waals surface area contributed by atoms with Crippen LogP contribution in [-0.4, -0.2) is 47.9 Å². The van der Waals surface area contributed by atoms with Crippen molar-refractivity contribution in [1.82, 2.24) is 40.3 Å². The number of imidazole rings is 1. The number of benzene rings is 1. The summed E-state index contributed by atoms with van der Waals surface area (Å²) in [7, 11) is 0. The molecule has 0 radical (unpaired) electrons. The molecule has 1 unspecified atom stereocenters. The lowest BCUT2D eigenvalue weighted by molar-refractivity contribution is 0.503. The molecule has 162 valence electrons.